The maximum absolute atomic E-state index is 11.6. The van der Waals surface area contributed by atoms with E-state index in [1.165, 1.54) is 4.90 Å². The zero-order chi connectivity index (χ0) is 12.8. The number of para-hydroxylation sites is 1. The molecule has 1 aliphatic rings. The van der Waals surface area contributed by atoms with Gasteiger partial charge in [0.1, 0.15) is 12.3 Å². The van der Waals surface area contributed by atoms with Gasteiger partial charge in [-0.3, -0.25) is 0 Å². The maximum atomic E-state index is 11.6. The van der Waals surface area contributed by atoms with Gasteiger partial charge in [-0.05, 0) is 18.6 Å². The monoisotopic (exact) mass is 250 g/mol. The molecule has 1 N–H and O–H groups in total. The van der Waals surface area contributed by atoms with Crippen molar-refractivity contribution < 1.29 is 19.2 Å². The van der Waals surface area contributed by atoms with Crippen LogP contribution in [0, 0.1) is 0 Å². The highest BCUT2D eigenvalue weighted by atomic mass is 16.6. The molecule has 0 spiro atoms. The average molecular weight is 250 g/mol. The first-order chi connectivity index (χ1) is 8.74. The molecule has 1 unspecified atom stereocenters. The topological polar surface area (TPSA) is 40.0 Å². The number of hydrogen-bond acceptors (Lipinski definition) is 3. The molecule has 4 heteroatoms. The average Bonchev–Trinajstić information content (AvgIpc) is 2.38. The number of nitrogens with one attached hydrogen (secondary N) is 1. The summed E-state index contributed by atoms with van der Waals surface area (Å²) in [5, 5.41) is 0. The highest BCUT2D eigenvalue weighted by molar-refractivity contribution is 5.71. The van der Waals surface area contributed by atoms with Gasteiger partial charge in [-0.25, -0.2) is 4.79 Å². The Labute approximate surface area is 107 Å². The van der Waals surface area contributed by atoms with Crippen LogP contribution in [0.25, 0.3) is 0 Å². The lowest BCUT2D eigenvalue weighted by atomic mass is 10.1. The number of carbonyl (C=O) groups is 1. The summed E-state index contributed by atoms with van der Waals surface area (Å²) in [7, 11) is 2.13. The molecule has 0 bridgehead atoms. The Hall–Kier alpha value is -1.55. The smallest absolute Gasteiger partial charge is 0.344 e. The van der Waals surface area contributed by atoms with Crippen LogP contribution in [0.4, 0.5) is 0 Å². The molecule has 0 aliphatic carbocycles. The second-order valence-corrected chi connectivity index (χ2v) is 4.77. The molecule has 1 saturated heterocycles. The van der Waals surface area contributed by atoms with Gasteiger partial charge < -0.3 is 14.4 Å². The molecular weight excluding hydrogens is 230 g/mol. The summed E-state index contributed by atoms with van der Waals surface area (Å²) in [5.41, 5.74) is 0. The largest absolute Gasteiger partial charge is 0.482 e. The number of ether oxygens (including phenoxy) is 2. The van der Waals surface area contributed by atoms with Gasteiger partial charge in [0.05, 0.1) is 13.6 Å². The molecule has 4 nitrogen and oxygen atoms in total. The lowest BCUT2D eigenvalue weighted by Gasteiger charge is -2.26. The van der Waals surface area contributed by atoms with Crippen LogP contribution >= 0.6 is 0 Å². The number of likely N-dealkylation sites (tertiary alicyclic amines) is 1. The third-order valence-corrected chi connectivity index (χ3v) is 3.10. The van der Waals surface area contributed by atoms with Crippen LogP contribution < -0.4 is 9.64 Å². The van der Waals surface area contributed by atoms with Crippen molar-refractivity contribution in [2.75, 3.05) is 26.7 Å². The first-order valence-electron chi connectivity index (χ1n) is 6.42. The molecule has 0 aromatic heterocycles. The predicted octanol–water partition coefficient (Wildman–Crippen LogP) is 0.286. The fraction of sp³-hybridized carbons (Fsp3) is 0.500. The summed E-state index contributed by atoms with van der Waals surface area (Å²) >= 11 is 0. The van der Waals surface area contributed by atoms with Crippen LogP contribution in [0.15, 0.2) is 30.3 Å². The van der Waals surface area contributed by atoms with Gasteiger partial charge in [0.2, 0.25) is 0 Å². The van der Waals surface area contributed by atoms with Crippen molar-refractivity contribution >= 4 is 5.97 Å². The zero-order valence-corrected chi connectivity index (χ0v) is 10.7. The standard InChI is InChI=1S/C14H19NO3/c1-15-9-5-8-13(10-15)18-14(16)11-17-12-6-3-2-4-7-12/h2-4,6-7,13H,5,8-11H2,1H3/p+1/t13-/m0/s1. The second-order valence-electron chi connectivity index (χ2n) is 4.77. The van der Waals surface area contributed by atoms with E-state index < -0.39 is 0 Å². The Morgan fingerprint density at radius 2 is 2.17 bits per heavy atom. The van der Waals surface area contributed by atoms with Crippen molar-refractivity contribution in [2.45, 2.75) is 18.9 Å². The first kappa shape index (κ1) is 12.9. The van der Waals surface area contributed by atoms with E-state index in [1.807, 2.05) is 30.3 Å². The van der Waals surface area contributed by atoms with E-state index in [2.05, 4.69) is 7.05 Å². The van der Waals surface area contributed by atoms with Gasteiger partial charge >= 0.3 is 5.97 Å². The lowest BCUT2D eigenvalue weighted by Crippen LogP contribution is -3.11. The molecule has 1 heterocycles. The molecule has 2 atom stereocenters. The van der Waals surface area contributed by atoms with E-state index in [9.17, 15) is 4.79 Å². The molecule has 98 valence electrons. The number of quaternary nitrogens is 1. The minimum absolute atomic E-state index is 0.0143. The van der Waals surface area contributed by atoms with Gasteiger partial charge in [0, 0.05) is 6.42 Å². The van der Waals surface area contributed by atoms with Crippen molar-refractivity contribution in [1.82, 2.24) is 0 Å². The quantitative estimate of drug-likeness (QED) is 0.781. The molecule has 0 radical (unpaired) electrons. The van der Waals surface area contributed by atoms with Gasteiger partial charge in [0.15, 0.2) is 12.7 Å². The Balaban J connectivity index is 1.72. The summed E-state index contributed by atoms with van der Waals surface area (Å²) < 4.78 is 10.8. The minimum Gasteiger partial charge on any atom is -0.482 e. The predicted molar refractivity (Wildman–Crippen MR) is 67.7 cm³/mol. The number of likely N-dealkylation sites (N-methyl/N-ethyl adjacent to an activating group) is 1. The highest BCUT2D eigenvalue weighted by Crippen LogP contribution is 2.09. The van der Waals surface area contributed by atoms with Crippen LogP contribution in [0.1, 0.15) is 12.8 Å². The normalized spacial score (nSPS) is 23.4. The van der Waals surface area contributed by atoms with E-state index >= 15 is 0 Å². The zero-order valence-electron chi connectivity index (χ0n) is 10.7. The van der Waals surface area contributed by atoms with Crippen LogP contribution in [-0.2, 0) is 9.53 Å². The first-order valence-corrected chi connectivity index (χ1v) is 6.42. The molecule has 1 aromatic carbocycles. The van der Waals surface area contributed by atoms with E-state index in [1.54, 1.807) is 0 Å². The summed E-state index contributed by atoms with van der Waals surface area (Å²) in [6.45, 7) is 2.05. The van der Waals surface area contributed by atoms with Crippen molar-refractivity contribution in [1.29, 1.82) is 0 Å². The van der Waals surface area contributed by atoms with Crippen molar-refractivity contribution in [2.24, 2.45) is 0 Å². The SMILES string of the molecule is C[NH+]1CCC[C@H](OC(=O)COc2ccccc2)C1. The molecule has 0 saturated carbocycles. The number of benzene rings is 1. The van der Waals surface area contributed by atoms with Gasteiger partial charge in [0.25, 0.3) is 0 Å². The number of piperidine rings is 1. The number of esters is 1. The highest BCUT2D eigenvalue weighted by Gasteiger charge is 2.23. The van der Waals surface area contributed by atoms with Crippen LogP contribution in [-0.4, -0.2) is 38.8 Å². The molecule has 18 heavy (non-hydrogen) atoms. The number of carbonyl (C=O) groups excluding carboxylic acids is 1. The van der Waals surface area contributed by atoms with Crippen LogP contribution in [0.3, 0.4) is 0 Å². The molecule has 1 fully saturated rings. The van der Waals surface area contributed by atoms with Gasteiger partial charge in [-0.15, -0.1) is 0 Å². The summed E-state index contributed by atoms with van der Waals surface area (Å²) in [4.78, 5) is 13.1. The summed E-state index contributed by atoms with van der Waals surface area (Å²) in [6, 6.07) is 9.31. The molecule has 0 amide bonds. The van der Waals surface area contributed by atoms with Crippen LogP contribution in [0.2, 0.25) is 0 Å². The summed E-state index contributed by atoms with van der Waals surface area (Å²) in [5.74, 6) is 0.416. The number of rotatable bonds is 4. The third-order valence-electron chi connectivity index (χ3n) is 3.10. The van der Waals surface area contributed by atoms with E-state index in [-0.39, 0.29) is 18.7 Å². The summed E-state index contributed by atoms with van der Waals surface area (Å²) in [6.07, 6.45) is 2.13. The fourth-order valence-electron chi connectivity index (χ4n) is 2.20. The molecule has 1 aliphatic heterocycles. The Morgan fingerprint density at radius 1 is 1.39 bits per heavy atom. The Bertz CT molecular complexity index is 380. The van der Waals surface area contributed by atoms with Crippen molar-refractivity contribution in [3.63, 3.8) is 0 Å². The molecular formula is C14H20NO3+. The van der Waals surface area contributed by atoms with E-state index in [4.69, 9.17) is 9.47 Å². The molecule has 1 aromatic rings. The Morgan fingerprint density at radius 3 is 2.89 bits per heavy atom. The van der Waals surface area contributed by atoms with E-state index in [0.29, 0.717) is 5.75 Å². The fourth-order valence-corrected chi connectivity index (χ4v) is 2.20. The third kappa shape index (κ3) is 4.04. The molecule has 2 rings (SSSR count). The second kappa shape index (κ2) is 6.40. The van der Waals surface area contributed by atoms with Crippen LogP contribution in [0.5, 0.6) is 5.75 Å². The van der Waals surface area contributed by atoms with Crippen molar-refractivity contribution in [3.05, 3.63) is 30.3 Å². The lowest BCUT2D eigenvalue weighted by molar-refractivity contribution is -0.888. The Kier molecular flexibility index (Phi) is 4.59. The maximum Gasteiger partial charge on any atom is 0.344 e. The van der Waals surface area contributed by atoms with Crippen molar-refractivity contribution in [3.8, 4) is 5.75 Å². The number of hydrogen-bond donors (Lipinski definition) is 1. The van der Waals surface area contributed by atoms with Gasteiger partial charge in [-0.1, -0.05) is 18.2 Å². The van der Waals surface area contributed by atoms with Gasteiger partial charge in [-0.2, -0.15) is 0 Å². The van der Waals surface area contributed by atoms with E-state index in [0.717, 1.165) is 25.9 Å². The minimum atomic E-state index is -0.279.